The average molecular weight is 434 g/mol. The molecule has 1 saturated carbocycles. The van der Waals surface area contributed by atoms with E-state index in [-0.39, 0.29) is 6.10 Å². The van der Waals surface area contributed by atoms with Crippen molar-refractivity contribution in [3.63, 3.8) is 0 Å². The molecule has 1 aliphatic carbocycles. The summed E-state index contributed by atoms with van der Waals surface area (Å²) in [6.45, 7) is 6.26. The summed E-state index contributed by atoms with van der Waals surface area (Å²) in [5.74, 6) is 1.71. The Bertz CT molecular complexity index is 1120. The molecule has 2 aliphatic heterocycles. The number of nitrogens with zero attached hydrogens (tertiary/aromatic N) is 6. The van der Waals surface area contributed by atoms with Gasteiger partial charge in [0.2, 0.25) is 0 Å². The van der Waals surface area contributed by atoms with E-state index >= 15 is 0 Å². The molecule has 8 nitrogen and oxygen atoms in total. The fourth-order valence-corrected chi connectivity index (χ4v) is 6.10. The normalized spacial score (nSPS) is 25.9. The Kier molecular flexibility index (Phi) is 4.87. The number of pyridine rings is 1. The third kappa shape index (κ3) is 3.36. The monoisotopic (exact) mass is 433 g/mol. The van der Waals surface area contributed by atoms with Crippen molar-refractivity contribution in [2.24, 2.45) is 5.41 Å². The summed E-state index contributed by atoms with van der Waals surface area (Å²) < 4.78 is 0. The van der Waals surface area contributed by atoms with Crippen molar-refractivity contribution in [2.75, 3.05) is 31.1 Å². The number of likely N-dealkylation sites (tertiary alicyclic amines) is 1. The highest BCUT2D eigenvalue weighted by Gasteiger charge is 2.44. The Balaban J connectivity index is 1.25. The highest BCUT2D eigenvalue weighted by atomic mass is 16.3. The van der Waals surface area contributed by atoms with Crippen LogP contribution in [0.4, 0.5) is 5.82 Å². The van der Waals surface area contributed by atoms with E-state index in [1.165, 1.54) is 19.3 Å². The molecule has 0 amide bonds. The second-order valence-corrected chi connectivity index (χ2v) is 9.95. The van der Waals surface area contributed by atoms with E-state index in [9.17, 15) is 5.11 Å². The minimum absolute atomic E-state index is 0.129. The summed E-state index contributed by atoms with van der Waals surface area (Å²) in [4.78, 5) is 19.1. The van der Waals surface area contributed by atoms with E-state index in [4.69, 9.17) is 9.97 Å². The van der Waals surface area contributed by atoms with Crippen LogP contribution in [0.25, 0.3) is 22.3 Å². The molecule has 0 radical (unpaired) electrons. The van der Waals surface area contributed by atoms with Gasteiger partial charge in [-0.3, -0.25) is 15.0 Å². The molecule has 0 bridgehead atoms. The third-order valence-electron chi connectivity index (χ3n) is 8.05. The Morgan fingerprint density at radius 1 is 1.09 bits per heavy atom. The van der Waals surface area contributed by atoms with E-state index < -0.39 is 0 Å². The molecule has 8 heteroatoms. The highest BCUT2D eigenvalue weighted by molar-refractivity contribution is 5.90. The van der Waals surface area contributed by atoms with Gasteiger partial charge in [0, 0.05) is 43.0 Å². The number of H-pyrrole nitrogens is 1. The molecule has 3 fully saturated rings. The van der Waals surface area contributed by atoms with E-state index in [1.54, 1.807) is 6.20 Å². The van der Waals surface area contributed by atoms with Crippen LogP contribution in [-0.4, -0.2) is 73.5 Å². The zero-order valence-electron chi connectivity index (χ0n) is 18.7. The molecule has 3 aromatic heterocycles. The number of aromatic nitrogens is 5. The molecular weight excluding hydrogens is 402 g/mol. The summed E-state index contributed by atoms with van der Waals surface area (Å²) in [7, 11) is 0. The van der Waals surface area contributed by atoms with Crippen LogP contribution in [0.2, 0.25) is 0 Å². The molecule has 168 valence electrons. The lowest BCUT2D eigenvalue weighted by Gasteiger charge is -2.41. The van der Waals surface area contributed by atoms with Crippen LogP contribution in [0.15, 0.2) is 24.7 Å². The first kappa shape index (κ1) is 20.1. The third-order valence-corrected chi connectivity index (χ3v) is 8.05. The number of aliphatic hydroxyl groups excluding tert-OH is 1. The maximum absolute atomic E-state index is 10.4. The number of nitrogens with one attached hydrogen (secondary N) is 1. The highest BCUT2D eigenvalue weighted by Crippen LogP contribution is 2.44. The van der Waals surface area contributed by atoms with Gasteiger partial charge < -0.3 is 10.0 Å². The Labute approximate surface area is 188 Å². The quantitative estimate of drug-likeness (QED) is 0.656. The zero-order valence-corrected chi connectivity index (χ0v) is 18.7. The molecule has 1 spiro atoms. The van der Waals surface area contributed by atoms with E-state index in [0.29, 0.717) is 17.3 Å². The first-order valence-electron chi connectivity index (χ1n) is 11.9. The number of hydrogen-bond donors (Lipinski definition) is 2. The fourth-order valence-electron chi connectivity index (χ4n) is 6.10. The summed E-state index contributed by atoms with van der Waals surface area (Å²) in [5, 5.41) is 18.6. The van der Waals surface area contributed by atoms with Crippen molar-refractivity contribution in [1.82, 2.24) is 30.0 Å². The van der Waals surface area contributed by atoms with Crippen molar-refractivity contribution >= 4 is 16.7 Å². The lowest BCUT2D eigenvalue weighted by Crippen LogP contribution is -2.44. The molecule has 3 aromatic rings. The van der Waals surface area contributed by atoms with Crippen LogP contribution in [0.1, 0.15) is 44.2 Å². The Hall–Kier alpha value is -2.58. The van der Waals surface area contributed by atoms with Crippen LogP contribution in [0, 0.1) is 12.3 Å². The first-order valence-corrected chi connectivity index (χ1v) is 11.9. The molecule has 6 rings (SSSR count). The van der Waals surface area contributed by atoms with Gasteiger partial charge in [-0.1, -0.05) is 0 Å². The van der Waals surface area contributed by atoms with Crippen LogP contribution in [0.3, 0.4) is 0 Å². The van der Waals surface area contributed by atoms with Crippen LogP contribution in [0.5, 0.6) is 0 Å². The van der Waals surface area contributed by atoms with Gasteiger partial charge in [0.05, 0.1) is 29.6 Å². The van der Waals surface area contributed by atoms with Crippen LogP contribution >= 0.6 is 0 Å². The lowest BCUT2D eigenvalue weighted by atomic mass is 9.77. The molecule has 2 N–H and O–H groups in total. The molecule has 0 unspecified atom stereocenters. The lowest BCUT2D eigenvalue weighted by molar-refractivity contribution is 0.0743. The number of aliphatic hydroxyl groups is 1. The van der Waals surface area contributed by atoms with Crippen LogP contribution in [-0.2, 0) is 0 Å². The topological polar surface area (TPSA) is 94.1 Å². The van der Waals surface area contributed by atoms with Crippen molar-refractivity contribution in [3.05, 3.63) is 30.4 Å². The standard InChI is InChI=1S/C24H31N7O/c1-16-18(13-26-29-16)22-27-19-14-25-9-5-17(19)23(28-22)30-10-6-24(7-11-30)8-12-31(15-24)20-3-2-4-21(20)32/h5,9,13-14,20-21,32H,2-4,6-8,10-12,15H2,1H3,(H,26,29)/t20-,21-/m1/s1. The minimum atomic E-state index is -0.129. The van der Waals surface area contributed by atoms with Gasteiger partial charge in [0.15, 0.2) is 5.82 Å². The number of rotatable bonds is 3. The number of anilines is 1. The van der Waals surface area contributed by atoms with Gasteiger partial charge in [0.1, 0.15) is 5.82 Å². The Morgan fingerprint density at radius 2 is 1.94 bits per heavy atom. The minimum Gasteiger partial charge on any atom is -0.391 e. The molecule has 32 heavy (non-hydrogen) atoms. The van der Waals surface area contributed by atoms with Crippen molar-refractivity contribution in [2.45, 2.75) is 57.6 Å². The average Bonchev–Trinajstić information content (AvgIpc) is 3.54. The predicted octanol–water partition coefficient (Wildman–Crippen LogP) is 2.93. The molecule has 0 aromatic carbocycles. The maximum atomic E-state index is 10.4. The molecular formula is C24H31N7O. The molecule has 2 saturated heterocycles. The predicted molar refractivity (Wildman–Crippen MR) is 123 cm³/mol. The fraction of sp³-hybridized carbons (Fsp3) is 0.583. The van der Waals surface area contributed by atoms with Gasteiger partial charge >= 0.3 is 0 Å². The largest absolute Gasteiger partial charge is 0.391 e. The van der Waals surface area contributed by atoms with Gasteiger partial charge in [-0.05, 0) is 63.5 Å². The van der Waals surface area contributed by atoms with Gasteiger partial charge in [-0.2, -0.15) is 5.10 Å². The van der Waals surface area contributed by atoms with Crippen molar-refractivity contribution in [3.8, 4) is 11.4 Å². The van der Waals surface area contributed by atoms with Gasteiger partial charge in [-0.25, -0.2) is 9.97 Å². The van der Waals surface area contributed by atoms with E-state index in [0.717, 1.165) is 73.4 Å². The van der Waals surface area contributed by atoms with Gasteiger partial charge in [0.25, 0.3) is 0 Å². The second-order valence-electron chi connectivity index (χ2n) is 9.95. The summed E-state index contributed by atoms with van der Waals surface area (Å²) >= 11 is 0. The molecule has 5 heterocycles. The summed E-state index contributed by atoms with van der Waals surface area (Å²) in [6.07, 6.45) is 12.2. The van der Waals surface area contributed by atoms with E-state index in [2.05, 4.69) is 25.0 Å². The van der Waals surface area contributed by atoms with Gasteiger partial charge in [-0.15, -0.1) is 0 Å². The molecule has 3 aliphatic rings. The van der Waals surface area contributed by atoms with E-state index in [1.807, 2.05) is 25.4 Å². The number of aromatic amines is 1. The SMILES string of the molecule is Cc1[nH]ncc1-c1nc(N2CCC3(CC2)CCN([C@@H]2CCC[C@H]2O)C3)c2ccncc2n1. The first-order chi connectivity index (χ1) is 15.6. The van der Waals surface area contributed by atoms with Crippen LogP contribution < -0.4 is 4.90 Å². The molecule has 2 atom stereocenters. The number of piperidine rings is 1. The number of fused-ring (bicyclic) bond motifs is 1. The number of aryl methyl sites for hydroxylation is 1. The van der Waals surface area contributed by atoms with Crippen molar-refractivity contribution < 1.29 is 5.11 Å². The Morgan fingerprint density at radius 3 is 2.69 bits per heavy atom. The number of hydrogen-bond acceptors (Lipinski definition) is 7. The zero-order chi connectivity index (χ0) is 21.7. The van der Waals surface area contributed by atoms with Crippen molar-refractivity contribution in [1.29, 1.82) is 0 Å². The summed E-state index contributed by atoms with van der Waals surface area (Å²) in [5.41, 5.74) is 3.16. The summed E-state index contributed by atoms with van der Waals surface area (Å²) in [6, 6.07) is 2.41. The smallest absolute Gasteiger partial charge is 0.165 e. The second kappa shape index (κ2) is 7.78. The maximum Gasteiger partial charge on any atom is 0.165 e.